The highest BCUT2D eigenvalue weighted by atomic mass is 14.2. The lowest BCUT2D eigenvalue weighted by atomic mass is 9.86. The molecular formula is C14H22. The van der Waals surface area contributed by atoms with Gasteiger partial charge in [-0.25, -0.2) is 0 Å². The summed E-state index contributed by atoms with van der Waals surface area (Å²) in [5, 5.41) is 0. The van der Waals surface area contributed by atoms with Gasteiger partial charge in [-0.05, 0) is 24.7 Å². The minimum absolute atomic E-state index is 0.622. The van der Waals surface area contributed by atoms with E-state index in [2.05, 4.69) is 40.2 Å². The van der Waals surface area contributed by atoms with Gasteiger partial charge in [0.05, 0.1) is 0 Å². The first kappa shape index (κ1) is 13.0. The van der Waals surface area contributed by atoms with E-state index in [4.69, 9.17) is 0 Å². The topological polar surface area (TPSA) is 0 Å². The minimum Gasteiger partial charge on any atom is -0.0988 e. The summed E-state index contributed by atoms with van der Waals surface area (Å²) in [5.74, 6) is 1.24. The fourth-order valence-corrected chi connectivity index (χ4v) is 1.40. The summed E-state index contributed by atoms with van der Waals surface area (Å²) in [7, 11) is 0. The molecule has 0 aromatic heterocycles. The van der Waals surface area contributed by atoms with Crippen LogP contribution in [0.25, 0.3) is 0 Å². The molecule has 0 aromatic carbocycles. The van der Waals surface area contributed by atoms with E-state index in [9.17, 15) is 0 Å². The van der Waals surface area contributed by atoms with Crippen molar-refractivity contribution >= 4 is 0 Å². The lowest BCUT2D eigenvalue weighted by Crippen LogP contribution is -2.08. The molecule has 0 fully saturated rings. The molecule has 0 spiro atoms. The standard InChI is InChI=1S/C14H22/c1-7-11(3)9-13(5)14(6)10-12(4)8-2/h7-8,13-14H,1-4,9-10H2,5-6H3. The monoisotopic (exact) mass is 190 g/mol. The average Bonchev–Trinajstić information content (AvgIpc) is 2.17. The Hall–Kier alpha value is -1.04. The van der Waals surface area contributed by atoms with Gasteiger partial charge in [-0.1, -0.05) is 63.5 Å². The molecule has 0 aliphatic rings. The molecule has 0 saturated carbocycles. The lowest BCUT2D eigenvalue weighted by Gasteiger charge is -2.20. The lowest BCUT2D eigenvalue weighted by molar-refractivity contribution is 0.386. The Labute approximate surface area is 88.7 Å². The number of allylic oxidation sites excluding steroid dienone is 4. The van der Waals surface area contributed by atoms with Crippen molar-refractivity contribution in [3.8, 4) is 0 Å². The van der Waals surface area contributed by atoms with Gasteiger partial charge < -0.3 is 0 Å². The maximum absolute atomic E-state index is 3.93. The molecule has 2 atom stereocenters. The SMILES string of the molecule is C=CC(=C)CC(C)C(C)CC(=C)C=C. The predicted molar refractivity (Wildman–Crippen MR) is 66.2 cm³/mol. The first-order chi connectivity index (χ1) is 6.51. The number of hydrogen-bond donors (Lipinski definition) is 0. The van der Waals surface area contributed by atoms with Gasteiger partial charge in [0.1, 0.15) is 0 Å². The van der Waals surface area contributed by atoms with Gasteiger partial charge in [0.25, 0.3) is 0 Å². The van der Waals surface area contributed by atoms with Gasteiger partial charge in [-0.3, -0.25) is 0 Å². The van der Waals surface area contributed by atoms with E-state index in [0.29, 0.717) is 11.8 Å². The van der Waals surface area contributed by atoms with Crippen LogP contribution in [0.4, 0.5) is 0 Å². The van der Waals surface area contributed by atoms with Crippen molar-refractivity contribution in [1.29, 1.82) is 0 Å². The van der Waals surface area contributed by atoms with Crippen LogP contribution in [0.2, 0.25) is 0 Å². The molecule has 0 heterocycles. The van der Waals surface area contributed by atoms with Crippen LogP contribution in [0.3, 0.4) is 0 Å². The molecular weight excluding hydrogens is 168 g/mol. The van der Waals surface area contributed by atoms with Gasteiger partial charge >= 0.3 is 0 Å². The molecule has 0 aromatic rings. The van der Waals surface area contributed by atoms with Crippen molar-refractivity contribution < 1.29 is 0 Å². The summed E-state index contributed by atoms with van der Waals surface area (Å²) in [5.41, 5.74) is 2.24. The van der Waals surface area contributed by atoms with Crippen molar-refractivity contribution in [3.05, 3.63) is 49.6 Å². The molecule has 0 heteroatoms. The van der Waals surface area contributed by atoms with Crippen molar-refractivity contribution in [3.63, 3.8) is 0 Å². The quantitative estimate of drug-likeness (QED) is 0.518. The van der Waals surface area contributed by atoms with E-state index in [1.807, 2.05) is 12.2 Å². The summed E-state index contributed by atoms with van der Waals surface area (Å²) in [6.07, 6.45) is 5.72. The Balaban J connectivity index is 4.04. The first-order valence-corrected chi connectivity index (χ1v) is 5.11. The van der Waals surface area contributed by atoms with Crippen molar-refractivity contribution in [1.82, 2.24) is 0 Å². The van der Waals surface area contributed by atoms with E-state index in [-0.39, 0.29) is 0 Å². The van der Waals surface area contributed by atoms with Crippen LogP contribution in [0.1, 0.15) is 26.7 Å². The van der Waals surface area contributed by atoms with Gasteiger partial charge in [0.2, 0.25) is 0 Å². The maximum Gasteiger partial charge on any atom is -0.0256 e. The third kappa shape index (κ3) is 4.86. The van der Waals surface area contributed by atoms with Crippen LogP contribution < -0.4 is 0 Å². The first-order valence-electron chi connectivity index (χ1n) is 5.11. The number of hydrogen-bond acceptors (Lipinski definition) is 0. The van der Waals surface area contributed by atoms with Gasteiger partial charge in [0, 0.05) is 0 Å². The minimum atomic E-state index is 0.622. The Morgan fingerprint density at radius 2 is 1.21 bits per heavy atom. The molecule has 0 aliphatic heterocycles. The van der Waals surface area contributed by atoms with E-state index >= 15 is 0 Å². The summed E-state index contributed by atoms with van der Waals surface area (Å²) in [4.78, 5) is 0. The highest BCUT2D eigenvalue weighted by Crippen LogP contribution is 2.24. The number of rotatable bonds is 7. The largest absolute Gasteiger partial charge is 0.0988 e. The van der Waals surface area contributed by atoms with Crippen LogP contribution in [-0.2, 0) is 0 Å². The molecule has 0 aliphatic carbocycles. The van der Waals surface area contributed by atoms with Crippen LogP contribution in [0.5, 0.6) is 0 Å². The van der Waals surface area contributed by atoms with Gasteiger partial charge in [-0.15, -0.1) is 0 Å². The Bertz CT molecular complexity index is 206. The van der Waals surface area contributed by atoms with Crippen molar-refractivity contribution in [2.75, 3.05) is 0 Å². The second-order valence-corrected chi connectivity index (χ2v) is 4.09. The van der Waals surface area contributed by atoms with Gasteiger partial charge in [0.15, 0.2) is 0 Å². The fourth-order valence-electron chi connectivity index (χ4n) is 1.40. The van der Waals surface area contributed by atoms with E-state index < -0.39 is 0 Å². The van der Waals surface area contributed by atoms with E-state index in [0.717, 1.165) is 24.0 Å². The molecule has 0 rings (SSSR count). The zero-order chi connectivity index (χ0) is 11.1. The van der Waals surface area contributed by atoms with Crippen LogP contribution >= 0.6 is 0 Å². The summed E-state index contributed by atoms with van der Waals surface area (Å²) < 4.78 is 0. The third-order valence-corrected chi connectivity index (χ3v) is 2.72. The zero-order valence-corrected chi connectivity index (χ0v) is 9.55. The highest BCUT2D eigenvalue weighted by molar-refractivity contribution is 5.13. The molecule has 0 N–H and O–H groups in total. The second-order valence-electron chi connectivity index (χ2n) is 4.09. The van der Waals surface area contributed by atoms with E-state index in [1.54, 1.807) is 0 Å². The molecule has 14 heavy (non-hydrogen) atoms. The maximum atomic E-state index is 3.93. The Kier molecular flexibility index (Phi) is 5.94. The molecule has 0 saturated heterocycles. The normalized spacial score (nSPS) is 14.1. The van der Waals surface area contributed by atoms with Gasteiger partial charge in [-0.2, -0.15) is 0 Å². The second kappa shape index (κ2) is 6.42. The Morgan fingerprint density at radius 3 is 1.43 bits per heavy atom. The molecule has 0 radical (unpaired) electrons. The van der Waals surface area contributed by atoms with Crippen molar-refractivity contribution in [2.45, 2.75) is 26.7 Å². The smallest absolute Gasteiger partial charge is 0.0256 e. The molecule has 0 amide bonds. The highest BCUT2D eigenvalue weighted by Gasteiger charge is 2.12. The summed E-state index contributed by atoms with van der Waals surface area (Å²) >= 11 is 0. The average molecular weight is 190 g/mol. The summed E-state index contributed by atoms with van der Waals surface area (Å²) in [6.45, 7) is 19.8. The fraction of sp³-hybridized carbons (Fsp3) is 0.429. The van der Waals surface area contributed by atoms with E-state index in [1.165, 1.54) is 0 Å². The molecule has 2 unspecified atom stereocenters. The third-order valence-electron chi connectivity index (χ3n) is 2.72. The van der Waals surface area contributed by atoms with Crippen molar-refractivity contribution in [2.24, 2.45) is 11.8 Å². The predicted octanol–water partition coefficient (Wildman–Crippen LogP) is 4.52. The molecule has 0 nitrogen and oxygen atoms in total. The zero-order valence-electron chi connectivity index (χ0n) is 9.55. The molecule has 78 valence electrons. The van der Waals surface area contributed by atoms with Crippen LogP contribution in [0, 0.1) is 11.8 Å². The van der Waals surface area contributed by atoms with Crippen LogP contribution in [0.15, 0.2) is 49.6 Å². The summed E-state index contributed by atoms with van der Waals surface area (Å²) in [6, 6.07) is 0. The van der Waals surface area contributed by atoms with Crippen LogP contribution in [-0.4, -0.2) is 0 Å². The molecule has 0 bridgehead atoms. The Morgan fingerprint density at radius 1 is 0.929 bits per heavy atom.